The minimum Gasteiger partial charge on any atom is -0.457 e. The fourth-order valence-corrected chi connectivity index (χ4v) is 3.52. The summed E-state index contributed by atoms with van der Waals surface area (Å²) in [5, 5.41) is 14.7. The van der Waals surface area contributed by atoms with Gasteiger partial charge in [0.05, 0.1) is 22.9 Å². The highest BCUT2D eigenvalue weighted by Crippen LogP contribution is 2.37. The van der Waals surface area contributed by atoms with Crippen LogP contribution in [0.15, 0.2) is 70.8 Å². The van der Waals surface area contributed by atoms with E-state index in [9.17, 15) is 13.2 Å². The summed E-state index contributed by atoms with van der Waals surface area (Å²) in [6.07, 6.45) is 2.73. The van der Waals surface area contributed by atoms with Crippen LogP contribution in [0.3, 0.4) is 0 Å². The van der Waals surface area contributed by atoms with Crippen LogP contribution in [0, 0.1) is 0 Å². The number of fused-ring (bicyclic) bond motifs is 1. The summed E-state index contributed by atoms with van der Waals surface area (Å²) in [5.41, 5.74) is -1.76. The lowest BCUT2D eigenvalue weighted by Crippen LogP contribution is -2.00. The molecule has 0 bridgehead atoms. The summed E-state index contributed by atoms with van der Waals surface area (Å²) >= 11 is -0.158. The van der Waals surface area contributed by atoms with Gasteiger partial charge < -0.3 is 19.8 Å². The lowest BCUT2D eigenvalue weighted by atomic mass is 10.3. The van der Waals surface area contributed by atoms with Crippen molar-refractivity contribution in [2.75, 3.05) is 5.32 Å². The van der Waals surface area contributed by atoms with Gasteiger partial charge in [0.2, 0.25) is 5.95 Å². The van der Waals surface area contributed by atoms with Crippen LogP contribution in [0.25, 0.3) is 11.0 Å². The van der Waals surface area contributed by atoms with Crippen LogP contribution in [0.5, 0.6) is 11.5 Å². The van der Waals surface area contributed by atoms with Gasteiger partial charge in [0, 0.05) is 36.0 Å². The lowest BCUT2D eigenvalue weighted by Gasteiger charge is -2.08. The van der Waals surface area contributed by atoms with Gasteiger partial charge in [0.15, 0.2) is 0 Å². The number of aryl methyl sites for hydroxylation is 1. The zero-order valence-corrected chi connectivity index (χ0v) is 17.4. The summed E-state index contributed by atoms with van der Waals surface area (Å²) in [5.74, 6) is 1.59. The lowest BCUT2D eigenvalue weighted by molar-refractivity contribution is -0.0328. The fourth-order valence-electron chi connectivity index (χ4n) is 2.98. The number of halogens is 3. The number of oxime groups is 1. The molecule has 0 amide bonds. The Kier molecular flexibility index (Phi) is 5.91. The Morgan fingerprint density at radius 2 is 1.84 bits per heavy atom. The number of aromatic nitrogens is 3. The first-order valence-electron chi connectivity index (χ1n) is 9.21. The molecule has 0 aliphatic heterocycles. The Balaban J connectivity index is 1.53. The van der Waals surface area contributed by atoms with Gasteiger partial charge in [0.1, 0.15) is 11.5 Å². The van der Waals surface area contributed by atoms with Crippen molar-refractivity contribution in [2.45, 2.75) is 10.4 Å². The predicted octanol–water partition coefficient (Wildman–Crippen LogP) is 5.92. The Morgan fingerprint density at radius 1 is 1.09 bits per heavy atom. The van der Waals surface area contributed by atoms with Crippen molar-refractivity contribution >= 4 is 40.6 Å². The van der Waals surface area contributed by atoms with Gasteiger partial charge in [-0.2, -0.15) is 13.2 Å². The molecule has 164 valence electrons. The Hall–Kier alpha value is -3.73. The van der Waals surface area contributed by atoms with E-state index in [1.807, 2.05) is 17.7 Å². The number of alkyl halides is 3. The quantitative estimate of drug-likeness (QED) is 0.161. The van der Waals surface area contributed by atoms with Gasteiger partial charge in [-0.1, -0.05) is 5.16 Å². The summed E-state index contributed by atoms with van der Waals surface area (Å²) in [6, 6.07) is 14.6. The van der Waals surface area contributed by atoms with E-state index in [2.05, 4.69) is 20.4 Å². The maximum atomic E-state index is 12.5. The number of ether oxygens (including phenoxy) is 1. The van der Waals surface area contributed by atoms with Crippen LogP contribution < -0.4 is 10.1 Å². The molecule has 0 aliphatic rings. The normalized spacial score (nSPS) is 11.9. The number of imidazole rings is 1. The van der Waals surface area contributed by atoms with E-state index in [4.69, 9.17) is 9.94 Å². The highest BCUT2D eigenvalue weighted by atomic mass is 32.2. The summed E-state index contributed by atoms with van der Waals surface area (Å²) in [7, 11) is 1.83. The van der Waals surface area contributed by atoms with Crippen molar-refractivity contribution in [3.8, 4) is 11.5 Å². The van der Waals surface area contributed by atoms with E-state index in [1.165, 1.54) is 24.5 Å². The third-order valence-electron chi connectivity index (χ3n) is 4.37. The van der Waals surface area contributed by atoms with Crippen molar-refractivity contribution in [3.05, 3.63) is 66.5 Å². The molecule has 2 heterocycles. The minimum atomic E-state index is -4.32. The van der Waals surface area contributed by atoms with Crippen LogP contribution in [0.1, 0.15) is 5.69 Å². The molecule has 0 spiro atoms. The fraction of sp³-hybridized carbons (Fsp3) is 0.0952. The SMILES string of the molecule is Cn1c(Nc2ccc(SC(F)(F)F)cc2)nc2cc(Oc3ccnc(C=NO)c3)ccc21. The summed E-state index contributed by atoms with van der Waals surface area (Å²) in [6.45, 7) is 0. The molecule has 2 N–H and O–H groups in total. The van der Waals surface area contributed by atoms with E-state index in [-0.39, 0.29) is 16.7 Å². The molecule has 0 radical (unpaired) electrons. The van der Waals surface area contributed by atoms with E-state index in [1.54, 1.807) is 36.4 Å². The average molecular weight is 459 g/mol. The first-order valence-corrected chi connectivity index (χ1v) is 10.0. The van der Waals surface area contributed by atoms with Gasteiger partial charge in [-0.3, -0.25) is 4.98 Å². The van der Waals surface area contributed by atoms with Crippen molar-refractivity contribution in [1.82, 2.24) is 14.5 Å². The van der Waals surface area contributed by atoms with E-state index >= 15 is 0 Å². The molecule has 4 rings (SSSR count). The number of nitrogens with zero attached hydrogens (tertiary/aromatic N) is 4. The second kappa shape index (κ2) is 8.79. The first-order chi connectivity index (χ1) is 15.3. The predicted molar refractivity (Wildman–Crippen MR) is 116 cm³/mol. The minimum absolute atomic E-state index is 0.111. The standard InChI is InChI=1S/C21H16F3N5O2S/c1-29-19-7-4-15(31-16-8-9-25-14(10-16)12-26-30)11-18(19)28-20(29)27-13-2-5-17(6-3-13)32-21(22,23)24/h2-12,30H,1H3,(H,27,28). The molecule has 2 aromatic carbocycles. The van der Waals surface area contributed by atoms with Crippen LogP contribution in [-0.4, -0.2) is 31.5 Å². The molecule has 11 heteroatoms. The second-order valence-corrected chi connectivity index (χ2v) is 7.74. The topological polar surface area (TPSA) is 84.6 Å². The summed E-state index contributed by atoms with van der Waals surface area (Å²) in [4.78, 5) is 8.70. The maximum absolute atomic E-state index is 12.5. The van der Waals surface area contributed by atoms with Gasteiger partial charge in [-0.25, -0.2) is 4.98 Å². The smallest absolute Gasteiger partial charge is 0.446 e. The van der Waals surface area contributed by atoms with Gasteiger partial charge in [-0.05, 0) is 54.2 Å². The number of hydrogen-bond acceptors (Lipinski definition) is 7. The largest absolute Gasteiger partial charge is 0.457 e. The molecule has 32 heavy (non-hydrogen) atoms. The van der Waals surface area contributed by atoms with E-state index in [0.29, 0.717) is 34.3 Å². The van der Waals surface area contributed by atoms with Crippen LogP contribution >= 0.6 is 11.8 Å². The highest BCUT2D eigenvalue weighted by molar-refractivity contribution is 8.00. The number of thioether (sulfide) groups is 1. The number of benzene rings is 2. The maximum Gasteiger partial charge on any atom is 0.446 e. The molecule has 4 aromatic rings. The molecule has 0 aliphatic carbocycles. The molecule has 2 aromatic heterocycles. The number of nitrogens with one attached hydrogen (secondary N) is 1. The number of pyridine rings is 1. The molecular weight excluding hydrogens is 443 g/mol. The Labute approximate surface area is 184 Å². The van der Waals surface area contributed by atoms with Crippen LogP contribution in [-0.2, 0) is 7.05 Å². The van der Waals surface area contributed by atoms with E-state index < -0.39 is 5.51 Å². The number of rotatable bonds is 6. The van der Waals surface area contributed by atoms with Gasteiger partial charge in [0.25, 0.3) is 0 Å². The van der Waals surface area contributed by atoms with Crippen molar-refractivity contribution in [3.63, 3.8) is 0 Å². The molecular formula is C21H16F3N5O2S. The molecule has 0 saturated heterocycles. The van der Waals surface area contributed by atoms with Crippen molar-refractivity contribution < 1.29 is 23.1 Å². The summed E-state index contributed by atoms with van der Waals surface area (Å²) < 4.78 is 45.1. The third kappa shape index (κ3) is 5.11. The second-order valence-electron chi connectivity index (χ2n) is 6.61. The number of anilines is 2. The van der Waals surface area contributed by atoms with Gasteiger partial charge in [-0.15, -0.1) is 0 Å². The van der Waals surface area contributed by atoms with Crippen LogP contribution in [0.4, 0.5) is 24.8 Å². The third-order valence-corrected chi connectivity index (χ3v) is 5.11. The Bertz CT molecular complexity index is 1270. The molecule has 0 unspecified atom stereocenters. The van der Waals surface area contributed by atoms with Crippen LogP contribution in [0.2, 0.25) is 0 Å². The number of hydrogen-bond donors (Lipinski definition) is 2. The molecule has 0 saturated carbocycles. The zero-order chi connectivity index (χ0) is 22.7. The first kappa shape index (κ1) is 21.5. The van der Waals surface area contributed by atoms with E-state index in [0.717, 1.165) is 5.52 Å². The zero-order valence-electron chi connectivity index (χ0n) is 16.5. The highest BCUT2D eigenvalue weighted by Gasteiger charge is 2.29. The van der Waals surface area contributed by atoms with Crippen molar-refractivity contribution in [2.24, 2.45) is 12.2 Å². The van der Waals surface area contributed by atoms with Gasteiger partial charge >= 0.3 is 5.51 Å². The molecule has 0 fully saturated rings. The molecule has 7 nitrogen and oxygen atoms in total. The van der Waals surface area contributed by atoms with Crippen molar-refractivity contribution in [1.29, 1.82) is 0 Å². The Morgan fingerprint density at radius 3 is 2.56 bits per heavy atom. The average Bonchev–Trinajstić information content (AvgIpc) is 3.04. The molecule has 0 atom stereocenters. The monoisotopic (exact) mass is 459 g/mol.